The Morgan fingerprint density at radius 3 is 2.60 bits per heavy atom. The summed E-state index contributed by atoms with van der Waals surface area (Å²) in [7, 11) is 0. The van der Waals surface area contributed by atoms with Crippen LogP contribution in [0.5, 0.6) is 0 Å². The maximum absolute atomic E-state index is 14.0. The number of rotatable bonds is 6. The lowest BCUT2D eigenvalue weighted by atomic mass is 10.0. The van der Waals surface area contributed by atoms with E-state index < -0.39 is 17.7 Å². The van der Waals surface area contributed by atoms with Crippen molar-refractivity contribution in [3.63, 3.8) is 0 Å². The smallest absolute Gasteiger partial charge is 0.164 e. The zero-order chi connectivity index (χ0) is 14.5. The van der Waals surface area contributed by atoms with Crippen molar-refractivity contribution in [2.45, 2.75) is 32.7 Å². The van der Waals surface area contributed by atoms with E-state index >= 15 is 0 Å². The molecule has 0 amide bonds. The predicted octanol–water partition coefficient (Wildman–Crippen LogP) is 4.21. The van der Waals surface area contributed by atoms with Gasteiger partial charge in [-0.2, -0.15) is 0 Å². The van der Waals surface area contributed by atoms with E-state index in [1.165, 1.54) is 6.07 Å². The summed E-state index contributed by atoms with van der Waals surface area (Å²) in [5.41, 5.74) is 0.274. The standard InChI is InChI=1S/C16H19F2NO/c1-3-10-19-16(14-9-8-11(4-2)20-14)12-6-5-7-13(17)15(12)18/h5-9,16,19H,3-4,10H2,1-2H3. The van der Waals surface area contributed by atoms with E-state index in [2.05, 4.69) is 5.32 Å². The molecule has 1 N–H and O–H groups in total. The van der Waals surface area contributed by atoms with Gasteiger partial charge in [-0.15, -0.1) is 0 Å². The summed E-state index contributed by atoms with van der Waals surface area (Å²) in [6.45, 7) is 4.70. The highest BCUT2D eigenvalue weighted by Gasteiger charge is 2.22. The van der Waals surface area contributed by atoms with E-state index in [0.29, 0.717) is 12.3 Å². The largest absolute Gasteiger partial charge is 0.464 e. The molecule has 20 heavy (non-hydrogen) atoms. The molecule has 0 aliphatic heterocycles. The van der Waals surface area contributed by atoms with E-state index in [1.54, 1.807) is 6.07 Å². The van der Waals surface area contributed by atoms with Crippen LogP contribution < -0.4 is 5.32 Å². The van der Waals surface area contributed by atoms with E-state index in [4.69, 9.17) is 4.42 Å². The van der Waals surface area contributed by atoms with Crippen LogP contribution in [0.25, 0.3) is 0 Å². The molecule has 2 rings (SSSR count). The van der Waals surface area contributed by atoms with Gasteiger partial charge in [0.15, 0.2) is 11.6 Å². The monoisotopic (exact) mass is 279 g/mol. The SMILES string of the molecule is CCCNC(c1ccc(CC)o1)c1cccc(F)c1F. The van der Waals surface area contributed by atoms with Crippen molar-refractivity contribution in [2.24, 2.45) is 0 Å². The minimum atomic E-state index is -0.840. The van der Waals surface area contributed by atoms with Crippen LogP contribution in [-0.2, 0) is 6.42 Å². The molecule has 0 aliphatic rings. The molecule has 1 aromatic heterocycles. The molecule has 1 unspecified atom stereocenters. The van der Waals surface area contributed by atoms with Crippen molar-refractivity contribution in [1.82, 2.24) is 5.32 Å². The van der Waals surface area contributed by atoms with Crippen LogP contribution in [0.3, 0.4) is 0 Å². The van der Waals surface area contributed by atoms with E-state index in [0.717, 1.165) is 24.7 Å². The highest BCUT2D eigenvalue weighted by atomic mass is 19.2. The molecule has 0 aliphatic carbocycles. The molecule has 2 nitrogen and oxygen atoms in total. The van der Waals surface area contributed by atoms with Gasteiger partial charge in [0, 0.05) is 12.0 Å². The fourth-order valence-electron chi connectivity index (χ4n) is 2.14. The molecule has 4 heteroatoms. The van der Waals surface area contributed by atoms with Crippen molar-refractivity contribution < 1.29 is 13.2 Å². The van der Waals surface area contributed by atoms with Gasteiger partial charge in [0.1, 0.15) is 11.5 Å². The molecule has 1 atom stereocenters. The summed E-state index contributed by atoms with van der Waals surface area (Å²) in [6.07, 6.45) is 1.67. The lowest BCUT2D eigenvalue weighted by Gasteiger charge is -2.17. The molecular weight excluding hydrogens is 260 g/mol. The lowest BCUT2D eigenvalue weighted by Crippen LogP contribution is -2.24. The Morgan fingerprint density at radius 2 is 1.95 bits per heavy atom. The van der Waals surface area contributed by atoms with Crippen molar-refractivity contribution >= 4 is 0 Å². The molecule has 0 saturated carbocycles. The molecule has 1 heterocycles. The van der Waals surface area contributed by atoms with E-state index in [1.807, 2.05) is 26.0 Å². The maximum Gasteiger partial charge on any atom is 0.164 e. The fraction of sp³-hybridized carbons (Fsp3) is 0.375. The van der Waals surface area contributed by atoms with Gasteiger partial charge in [0.25, 0.3) is 0 Å². The van der Waals surface area contributed by atoms with Crippen LogP contribution >= 0.6 is 0 Å². The molecule has 108 valence electrons. The maximum atomic E-state index is 14.0. The van der Waals surface area contributed by atoms with Crippen LogP contribution in [0.2, 0.25) is 0 Å². The summed E-state index contributed by atoms with van der Waals surface area (Å²) in [5.74, 6) is -0.219. The molecule has 1 aromatic carbocycles. The van der Waals surface area contributed by atoms with Crippen LogP contribution in [0.1, 0.15) is 43.4 Å². The van der Waals surface area contributed by atoms with Crippen LogP contribution in [0, 0.1) is 11.6 Å². The first-order chi connectivity index (χ1) is 9.67. The molecule has 0 bridgehead atoms. The highest BCUT2D eigenvalue weighted by molar-refractivity contribution is 5.29. The van der Waals surface area contributed by atoms with Gasteiger partial charge >= 0.3 is 0 Å². The quantitative estimate of drug-likeness (QED) is 0.857. The zero-order valence-corrected chi connectivity index (χ0v) is 11.7. The molecule has 0 fully saturated rings. The first kappa shape index (κ1) is 14.7. The predicted molar refractivity (Wildman–Crippen MR) is 74.6 cm³/mol. The lowest BCUT2D eigenvalue weighted by molar-refractivity contribution is 0.408. The Labute approximate surface area is 117 Å². The Hall–Kier alpha value is -1.68. The van der Waals surface area contributed by atoms with Gasteiger partial charge in [-0.3, -0.25) is 0 Å². The molecule has 0 radical (unpaired) electrons. The van der Waals surface area contributed by atoms with Crippen molar-refractivity contribution in [3.8, 4) is 0 Å². The molecule has 0 saturated heterocycles. The Balaban J connectivity index is 2.38. The summed E-state index contributed by atoms with van der Waals surface area (Å²) in [5, 5.41) is 3.21. The Bertz CT molecular complexity index is 565. The summed E-state index contributed by atoms with van der Waals surface area (Å²) < 4.78 is 33.1. The molecular formula is C16H19F2NO. The molecule has 2 aromatic rings. The average Bonchev–Trinajstić information content (AvgIpc) is 2.92. The molecule has 0 spiro atoms. The number of hydrogen-bond donors (Lipinski definition) is 1. The number of benzene rings is 1. The summed E-state index contributed by atoms with van der Waals surface area (Å²) in [4.78, 5) is 0. The number of hydrogen-bond acceptors (Lipinski definition) is 2. The first-order valence-electron chi connectivity index (χ1n) is 6.93. The number of nitrogens with one attached hydrogen (secondary N) is 1. The average molecular weight is 279 g/mol. The minimum Gasteiger partial charge on any atom is -0.464 e. The zero-order valence-electron chi connectivity index (χ0n) is 11.7. The Kier molecular flexibility index (Phi) is 4.90. The van der Waals surface area contributed by atoms with E-state index in [-0.39, 0.29) is 5.56 Å². The summed E-state index contributed by atoms with van der Waals surface area (Å²) >= 11 is 0. The topological polar surface area (TPSA) is 25.2 Å². The first-order valence-corrected chi connectivity index (χ1v) is 6.93. The summed E-state index contributed by atoms with van der Waals surface area (Å²) in [6, 6.07) is 7.43. The highest BCUT2D eigenvalue weighted by Crippen LogP contribution is 2.27. The van der Waals surface area contributed by atoms with E-state index in [9.17, 15) is 8.78 Å². The van der Waals surface area contributed by atoms with Crippen molar-refractivity contribution in [2.75, 3.05) is 6.54 Å². The van der Waals surface area contributed by atoms with Gasteiger partial charge in [0.05, 0.1) is 6.04 Å². The van der Waals surface area contributed by atoms with Crippen molar-refractivity contribution in [3.05, 3.63) is 59.1 Å². The van der Waals surface area contributed by atoms with Gasteiger partial charge < -0.3 is 9.73 Å². The van der Waals surface area contributed by atoms with Crippen molar-refractivity contribution in [1.29, 1.82) is 0 Å². The number of aryl methyl sites for hydroxylation is 1. The van der Waals surface area contributed by atoms with Gasteiger partial charge in [-0.1, -0.05) is 26.0 Å². The third-order valence-electron chi connectivity index (χ3n) is 3.21. The third kappa shape index (κ3) is 3.07. The fourth-order valence-corrected chi connectivity index (χ4v) is 2.14. The van der Waals surface area contributed by atoms with Crippen LogP contribution in [0.4, 0.5) is 8.78 Å². The third-order valence-corrected chi connectivity index (χ3v) is 3.21. The normalized spacial score (nSPS) is 12.6. The van der Waals surface area contributed by atoms with Crippen LogP contribution in [0.15, 0.2) is 34.7 Å². The van der Waals surface area contributed by atoms with Crippen LogP contribution in [-0.4, -0.2) is 6.54 Å². The number of furan rings is 1. The Morgan fingerprint density at radius 1 is 1.15 bits per heavy atom. The van der Waals surface area contributed by atoms with Gasteiger partial charge in [-0.05, 0) is 31.2 Å². The minimum absolute atomic E-state index is 0.274. The second kappa shape index (κ2) is 6.66. The number of halogens is 2. The van der Waals surface area contributed by atoms with Gasteiger partial charge in [0.2, 0.25) is 0 Å². The second-order valence-electron chi connectivity index (χ2n) is 4.69. The van der Waals surface area contributed by atoms with Gasteiger partial charge in [-0.25, -0.2) is 8.78 Å². The second-order valence-corrected chi connectivity index (χ2v) is 4.69.